The Hall–Kier alpha value is -1.00. The lowest BCUT2D eigenvalue weighted by Crippen LogP contribution is -2.42. The van der Waals surface area contributed by atoms with Gasteiger partial charge in [-0.3, -0.25) is 4.98 Å². The molecule has 2 fully saturated rings. The topological polar surface area (TPSA) is 28.2 Å². The molecule has 0 amide bonds. The number of aromatic nitrogens is 1. The largest absolute Gasteiger partial charge is 0.310 e. The zero-order valence-corrected chi connectivity index (χ0v) is 12.3. The third-order valence-corrected chi connectivity index (χ3v) is 5.13. The van der Waals surface area contributed by atoms with E-state index in [4.69, 9.17) is 0 Å². The van der Waals surface area contributed by atoms with Crippen molar-refractivity contribution in [1.82, 2.24) is 15.2 Å². The van der Waals surface area contributed by atoms with E-state index in [2.05, 4.69) is 29.2 Å². The minimum Gasteiger partial charge on any atom is -0.310 e. The van der Waals surface area contributed by atoms with Crippen LogP contribution >= 0.6 is 0 Å². The van der Waals surface area contributed by atoms with Crippen LogP contribution in [0, 0.1) is 11.7 Å². The van der Waals surface area contributed by atoms with E-state index in [0.29, 0.717) is 0 Å². The second kappa shape index (κ2) is 5.78. The van der Waals surface area contributed by atoms with Gasteiger partial charge in [0.15, 0.2) is 0 Å². The first-order valence-corrected chi connectivity index (χ1v) is 7.69. The molecule has 0 aliphatic carbocycles. The van der Waals surface area contributed by atoms with Gasteiger partial charge in [0.1, 0.15) is 5.82 Å². The molecule has 1 N–H and O–H groups in total. The average molecular weight is 277 g/mol. The Morgan fingerprint density at radius 3 is 2.70 bits per heavy atom. The number of nitrogens with one attached hydrogen (secondary N) is 1. The lowest BCUT2D eigenvalue weighted by molar-refractivity contribution is 0.131. The van der Waals surface area contributed by atoms with E-state index in [-0.39, 0.29) is 11.9 Å². The molecule has 0 radical (unpaired) electrons. The highest BCUT2D eigenvalue weighted by Crippen LogP contribution is 2.37. The number of pyridine rings is 1. The van der Waals surface area contributed by atoms with Crippen LogP contribution in [-0.4, -0.2) is 35.6 Å². The van der Waals surface area contributed by atoms with Crippen molar-refractivity contribution in [2.45, 2.75) is 50.7 Å². The Labute approximate surface area is 120 Å². The molecule has 2 saturated heterocycles. The zero-order valence-electron chi connectivity index (χ0n) is 12.3. The summed E-state index contributed by atoms with van der Waals surface area (Å²) < 4.78 is 13.2. The van der Waals surface area contributed by atoms with Gasteiger partial charge in [0.25, 0.3) is 0 Å². The smallest absolute Gasteiger partial charge is 0.141 e. The maximum absolute atomic E-state index is 13.2. The third-order valence-electron chi connectivity index (χ3n) is 5.13. The Kier molecular flexibility index (Phi) is 4.03. The van der Waals surface area contributed by atoms with E-state index < -0.39 is 0 Å². The summed E-state index contributed by atoms with van der Waals surface area (Å²) in [4.78, 5) is 6.49. The van der Waals surface area contributed by atoms with E-state index in [0.717, 1.165) is 30.1 Å². The van der Waals surface area contributed by atoms with Gasteiger partial charge >= 0.3 is 0 Å². The molecule has 3 nitrogen and oxygen atoms in total. The first-order valence-electron chi connectivity index (χ1n) is 7.69. The Bertz CT molecular complexity index is 451. The van der Waals surface area contributed by atoms with Crippen molar-refractivity contribution in [2.75, 3.05) is 13.6 Å². The van der Waals surface area contributed by atoms with Crippen LogP contribution in [0.2, 0.25) is 0 Å². The minimum absolute atomic E-state index is 0.163. The molecule has 2 aliphatic heterocycles. The van der Waals surface area contributed by atoms with Crippen molar-refractivity contribution in [2.24, 2.45) is 5.92 Å². The summed E-state index contributed by atoms with van der Waals surface area (Å²) in [5.41, 5.74) is 0.931. The van der Waals surface area contributed by atoms with Gasteiger partial charge in [0.2, 0.25) is 0 Å². The molecule has 1 aromatic heterocycles. The lowest BCUT2D eigenvalue weighted by atomic mass is 9.91. The van der Waals surface area contributed by atoms with Crippen molar-refractivity contribution in [3.8, 4) is 0 Å². The van der Waals surface area contributed by atoms with Crippen LogP contribution in [0.1, 0.15) is 44.2 Å². The predicted molar refractivity (Wildman–Crippen MR) is 77.9 cm³/mol. The second-order valence-corrected chi connectivity index (χ2v) is 6.45. The van der Waals surface area contributed by atoms with Gasteiger partial charge in [-0.1, -0.05) is 0 Å². The lowest BCUT2D eigenvalue weighted by Gasteiger charge is -2.36. The van der Waals surface area contributed by atoms with E-state index in [1.807, 2.05) is 0 Å². The van der Waals surface area contributed by atoms with Crippen LogP contribution in [0.25, 0.3) is 0 Å². The molecule has 0 spiro atoms. The molecular weight excluding hydrogens is 253 g/mol. The van der Waals surface area contributed by atoms with Crippen LogP contribution in [0.5, 0.6) is 0 Å². The van der Waals surface area contributed by atoms with Gasteiger partial charge in [0, 0.05) is 24.3 Å². The summed E-state index contributed by atoms with van der Waals surface area (Å²) in [5.74, 6) is 0.501. The van der Waals surface area contributed by atoms with Crippen molar-refractivity contribution in [1.29, 1.82) is 0 Å². The van der Waals surface area contributed by atoms with Crippen LogP contribution < -0.4 is 5.32 Å². The zero-order chi connectivity index (χ0) is 14.1. The van der Waals surface area contributed by atoms with Gasteiger partial charge in [-0.25, -0.2) is 4.39 Å². The molecule has 2 aliphatic rings. The molecule has 0 aromatic carbocycles. The molecule has 4 heteroatoms. The summed E-state index contributed by atoms with van der Waals surface area (Å²) in [7, 11) is 2.27. The molecule has 20 heavy (non-hydrogen) atoms. The highest BCUT2D eigenvalue weighted by molar-refractivity contribution is 5.14. The minimum atomic E-state index is -0.256. The Balaban J connectivity index is 1.52. The van der Waals surface area contributed by atoms with Crippen molar-refractivity contribution >= 4 is 0 Å². The van der Waals surface area contributed by atoms with Crippen LogP contribution in [-0.2, 0) is 0 Å². The van der Waals surface area contributed by atoms with E-state index in [9.17, 15) is 4.39 Å². The third kappa shape index (κ3) is 2.86. The number of fused-ring (bicyclic) bond motifs is 2. The fraction of sp³-hybridized carbons (Fsp3) is 0.688. The maximum Gasteiger partial charge on any atom is 0.141 e. The van der Waals surface area contributed by atoms with Gasteiger partial charge in [-0.05, 0) is 63.7 Å². The van der Waals surface area contributed by atoms with Gasteiger partial charge in [0.05, 0.1) is 6.20 Å². The van der Waals surface area contributed by atoms with Gasteiger partial charge in [-0.15, -0.1) is 0 Å². The standard InChI is InChI=1S/C16H24FN3/c1-11(13-7-14(17)10-18-9-13)19-8-12-5-15-3-4-16(6-12)20(15)2/h7,9-12,15-16,19H,3-6,8H2,1-2H3. The number of hydrogen-bond acceptors (Lipinski definition) is 3. The van der Waals surface area contributed by atoms with Gasteiger partial charge in [-0.2, -0.15) is 0 Å². The number of piperidine rings is 1. The number of halogens is 1. The van der Waals surface area contributed by atoms with Crippen LogP contribution in [0.15, 0.2) is 18.5 Å². The Morgan fingerprint density at radius 1 is 1.35 bits per heavy atom. The van der Waals surface area contributed by atoms with Gasteiger partial charge < -0.3 is 10.2 Å². The van der Waals surface area contributed by atoms with E-state index in [1.165, 1.54) is 31.9 Å². The molecular formula is C16H24FN3. The van der Waals surface area contributed by atoms with Crippen molar-refractivity contribution < 1.29 is 4.39 Å². The number of rotatable bonds is 4. The fourth-order valence-electron chi connectivity index (χ4n) is 3.82. The SMILES string of the molecule is CC(NCC1CC2CCC(C1)N2C)c1cncc(F)c1. The maximum atomic E-state index is 13.2. The molecule has 3 heterocycles. The summed E-state index contributed by atoms with van der Waals surface area (Å²) in [6, 6.07) is 3.30. The molecule has 3 atom stereocenters. The molecule has 2 bridgehead atoms. The quantitative estimate of drug-likeness (QED) is 0.917. The van der Waals surface area contributed by atoms with E-state index in [1.54, 1.807) is 12.3 Å². The highest BCUT2D eigenvalue weighted by Gasteiger charge is 2.38. The average Bonchev–Trinajstić information content (AvgIpc) is 2.66. The highest BCUT2D eigenvalue weighted by atomic mass is 19.1. The second-order valence-electron chi connectivity index (χ2n) is 6.45. The van der Waals surface area contributed by atoms with Crippen molar-refractivity contribution in [3.63, 3.8) is 0 Å². The Morgan fingerprint density at radius 2 is 2.05 bits per heavy atom. The molecule has 3 unspecified atom stereocenters. The fourth-order valence-corrected chi connectivity index (χ4v) is 3.82. The number of nitrogens with zero attached hydrogens (tertiary/aromatic N) is 2. The predicted octanol–water partition coefficient (Wildman–Crippen LogP) is 2.74. The number of hydrogen-bond donors (Lipinski definition) is 1. The summed E-state index contributed by atoms with van der Waals surface area (Å²) >= 11 is 0. The summed E-state index contributed by atoms with van der Waals surface area (Å²) in [6.45, 7) is 3.11. The molecule has 3 rings (SSSR count). The van der Waals surface area contributed by atoms with E-state index >= 15 is 0 Å². The van der Waals surface area contributed by atoms with Crippen LogP contribution in [0.3, 0.4) is 0 Å². The molecule has 110 valence electrons. The molecule has 1 aromatic rings. The molecule has 0 saturated carbocycles. The monoisotopic (exact) mass is 277 g/mol. The first kappa shape index (κ1) is 14.0. The first-order chi connectivity index (χ1) is 9.63. The summed E-state index contributed by atoms with van der Waals surface area (Å²) in [5, 5.41) is 3.55. The van der Waals surface area contributed by atoms with Crippen LogP contribution in [0.4, 0.5) is 4.39 Å². The normalized spacial score (nSPS) is 31.4. The summed E-state index contributed by atoms with van der Waals surface area (Å²) in [6.07, 6.45) is 8.33. The van der Waals surface area contributed by atoms with Crippen molar-refractivity contribution in [3.05, 3.63) is 29.8 Å².